The summed E-state index contributed by atoms with van der Waals surface area (Å²) in [6, 6.07) is 15.3. The first-order valence-electron chi connectivity index (χ1n) is 14.8. The van der Waals surface area contributed by atoms with E-state index in [1.54, 1.807) is 30.3 Å². The molecule has 0 N–H and O–H groups in total. The maximum absolute atomic E-state index is 15.3. The van der Waals surface area contributed by atoms with E-state index in [0.29, 0.717) is 29.7 Å². The first-order chi connectivity index (χ1) is 19.5. The number of benzene rings is 3. The molecule has 0 aliphatic heterocycles. The van der Waals surface area contributed by atoms with Crippen LogP contribution in [0.3, 0.4) is 0 Å². The molecule has 0 aromatic heterocycles. The van der Waals surface area contributed by atoms with Gasteiger partial charge in [0.15, 0.2) is 11.6 Å². The monoisotopic (exact) mass is 544 g/mol. The molecule has 2 aliphatic carbocycles. The standard InChI is InChI=1S/C36H39F3O/c1-3-5-24-6-8-25(9-7-24)26-10-12-27(13-11-26)30-18-19-31(33(37)23-30)28-14-16-29(17-15-28)32-20-21-34(40-22-4-2)36(39)35(32)38/h3,5,12,14-21,23-26H,4,6-11,13,22H2,1-2H3/b5-3+. The van der Waals surface area contributed by atoms with Crippen molar-refractivity contribution in [3.05, 3.63) is 95.8 Å². The third-order valence-corrected chi connectivity index (χ3v) is 8.75. The van der Waals surface area contributed by atoms with Gasteiger partial charge in [0.1, 0.15) is 5.82 Å². The van der Waals surface area contributed by atoms with E-state index in [4.69, 9.17) is 4.74 Å². The van der Waals surface area contributed by atoms with Crippen LogP contribution in [0.25, 0.3) is 27.8 Å². The van der Waals surface area contributed by atoms with Gasteiger partial charge in [0.05, 0.1) is 6.61 Å². The van der Waals surface area contributed by atoms with E-state index < -0.39 is 11.6 Å². The van der Waals surface area contributed by atoms with Crippen molar-refractivity contribution >= 4 is 5.57 Å². The van der Waals surface area contributed by atoms with Crippen molar-refractivity contribution in [2.24, 2.45) is 17.8 Å². The predicted molar refractivity (Wildman–Crippen MR) is 159 cm³/mol. The Morgan fingerprint density at radius 3 is 2.08 bits per heavy atom. The van der Waals surface area contributed by atoms with E-state index in [9.17, 15) is 8.78 Å². The Balaban J connectivity index is 1.25. The summed E-state index contributed by atoms with van der Waals surface area (Å²) in [5.74, 6) is 0.0330. The summed E-state index contributed by atoms with van der Waals surface area (Å²) < 4.78 is 49.8. The van der Waals surface area contributed by atoms with Gasteiger partial charge in [0.2, 0.25) is 5.82 Å². The van der Waals surface area contributed by atoms with Gasteiger partial charge in [0, 0.05) is 11.1 Å². The van der Waals surface area contributed by atoms with Crippen LogP contribution in [0.15, 0.2) is 72.8 Å². The SMILES string of the molecule is C/C=C/C1CCC(C2CC=C(c3ccc(-c4ccc(-c5ccc(OCCC)c(F)c5F)cc4)c(F)c3)CC2)CC1. The molecule has 0 saturated heterocycles. The highest BCUT2D eigenvalue weighted by molar-refractivity contribution is 5.74. The van der Waals surface area contributed by atoms with Crippen molar-refractivity contribution < 1.29 is 17.9 Å². The summed E-state index contributed by atoms with van der Waals surface area (Å²) in [5, 5.41) is 0. The Bertz CT molecular complexity index is 1360. The lowest BCUT2D eigenvalue weighted by molar-refractivity contribution is 0.212. The van der Waals surface area contributed by atoms with Gasteiger partial charge in [-0.3, -0.25) is 0 Å². The third-order valence-electron chi connectivity index (χ3n) is 8.75. The molecule has 4 heteroatoms. The van der Waals surface area contributed by atoms with E-state index in [2.05, 4.69) is 25.2 Å². The van der Waals surface area contributed by atoms with Crippen LogP contribution in [0.1, 0.15) is 70.8 Å². The number of ether oxygens (including phenoxy) is 1. The Morgan fingerprint density at radius 2 is 1.45 bits per heavy atom. The molecular weight excluding hydrogens is 505 g/mol. The number of halogens is 3. The lowest BCUT2D eigenvalue weighted by atomic mass is 9.71. The van der Waals surface area contributed by atoms with Gasteiger partial charge in [-0.2, -0.15) is 4.39 Å². The van der Waals surface area contributed by atoms with Crippen molar-refractivity contribution in [2.45, 2.75) is 65.2 Å². The Hall–Kier alpha value is -3.27. The minimum atomic E-state index is -0.989. The number of hydrogen-bond donors (Lipinski definition) is 0. The van der Waals surface area contributed by atoms with Gasteiger partial charge in [-0.05, 0) is 117 Å². The maximum atomic E-state index is 15.3. The summed E-state index contributed by atoms with van der Waals surface area (Å²) in [6.07, 6.45) is 16.1. The van der Waals surface area contributed by atoms with Gasteiger partial charge in [-0.1, -0.05) is 61.5 Å². The second-order valence-corrected chi connectivity index (χ2v) is 11.3. The van der Waals surface area contributed by atoms with E-state index >= 15 is 4.39 Å². The fourth-order valence-electron chi connectivity index (χ4n) is 6.48. The van der Waals surface area contributed by atoms with Crippen LogP contribution in [0.2, 0.25) is 0 Å². The van der Waals surface area contributed by atoms with Crippen LogP contribution in [0.4, 0.5) is 13.2 Å². The van der Waals surface area contributed by atoms with Crippen LogP contribution in [-0.2, 0) is 0 Å². The molecule has 1 unspecified atom stereocenters. The van der Waals surface area contributed by atoms with E-state index in [1.165, 1.54) is 49.8 Å². The zero-order valence-corrected chi connectivity index (χ0v) is 23.6. The highest BCUT2D eigenvalue weighted by Crippen LogP contribution is 2.42. The maximum Gasteiger partial charge on any atom is 0.201 e. The summed E-state index contributed by atoms with van der Waals surface area (Å²) in [6.45, 7) is 4.34. The first-order valence-corrected chi connectivity index (χ1v) is 14.8. The van der Waals surface area contributed by atoms with Crippen molar-refractivity contribution in [1.29, 1.82) is 0 Å². The van der Waals surface area contributed by atoms with Crippen LogP contribution < -0.4 is 4.74 Å². The van der Waals surface area contributed by atoms with Crippen LogP contribution in [0.5, 0.6) is 5.75 Å². The topological polar surface area (TPSA) is 9.23 Å². The first kappa shape index (κ1) is 28.3. The molecular formula is C36H39F3O. The number of hydrogen-bond acceptors (Lipinski definition) is 1. The molecule has 0 heterocycles. The molecule has 1 atom stereocenters. The molecule has 0 spiro atoms. The van der Waals surface area contributed by atoms with Crippen molar-refractivity contribution in [1.82, 2.24) is 0 Å². The molecule has 0 bridgehead atoms. The van der Waals surface area contributed by atoms with Crippen molar-refractivity contribution in [3.8, 4) is 28.0 Å². The quantitative estimate of drug-likeness (QED) is 0.256. The second kappa shape index (κ2) is 12.9. The third kappa shape index (κ3) is 6.22. The van der Waals surface area contributed by atoms with Gasteiger partial charge >= 0.3 is 0 Å². The summed E-state index contributed by atoms with van der Waals surface area (Å²) in [7, 11) is 0. The fourth-order valence-corrected chi connectivity index (χ4v) is 6.48. The highest BCUT2D eigenvalue weighted by atomic mass is 19.2. The minimum absolute atomic E-state index is 0.0855. The molecule has 5 rings (SSSR count). The van der Waals surface area contributed by atoms with Crippen LogP contribution in [-0.4, -0.2) is 6.61 Å². The molecule has 2 aliphatic rings. The Morgan fingerprint density at radius 1 is 0.775 bits per heavy atom. The lowest BCUT2D eigenvalue weighted by Crippen LogP contribution is -2.22. The van der Waals surface area contributed by atoms with Gasteiger partial charge in [-0.15, -0.1) is 0 Å². The average molecular weight is 545 g/mol. The van der Waals surface area contributed by atoms with Gasteiger partial charge < -0.3 is 4.74 Å². The molecule has 210 valence electrons. The summed E-state index contributed by atoms with van der Waals surface area (Å²) in [5.41, 5.74) is 4.06. The van der Waals surface area contributed by atoms with Crippen LogP contribution >= 0.6 is 0 Å². The van der Waals surface area contributed by atoms with E-state index in [1.807, 2.05) is 19.1 Å². The lowest BCUT2D eigenvalue weighted by Gasteiger charge is -2.34. The molecule has 3 aromatic rings. The number of rotatable bonds is 8. The normalized spacial score (nSPS) is 21.4. The Kier molecular flexibility index (Phi) is 9.14. The zero-order valence-electron chi connectivity index (χ0n) is 23.6. The second-order valence-electron chi connectivity index (χ2n) is 11.3. The summed E-state index contributed by atoms with van der Waals surface area (Å²) >= 11 is 0. The average Bonchev–Trinajstić information content (AvgIpc) is 2.99. The number of allylic oxidation sites excluding steroid dienone is 4. The highest BCUT2D eigenvalue weighted by Gasteiger charge is 2.28. The molecule has 0 amide bonds. The van der Waals surface area contributed by atoms with E-state index in [0.717, 1.165) is 36.2 Å². The minimum Gasteiger partial charge on any atom is -0.490 e. The molecule has 0 radical (unpaired) electrons. The molecule has 3 aromatic carbocycles. The largest absolute Gasteiger partial charge is 0.490 e. The predicted octanol–water partition coefficient (Wildman–Crippen LogP) is 10.8. The van der Waals surface area contributed by atoms with Crippen molar-refractivity contribution in [2.75, 3.05) is 6.61 Å². The Labute approximate surface area is 236 Å². The summed E-state index contributed by atoms with van der Waals surface area (Å²) in [4.78, 5) is 0. The molecule has 40 heavy (non-hydrogen) atoms. The van der Waals surface area contributed by atoms with Gasteiger partial charge in [0.25, 0.3) is 0 Å². The zero-order chi connectivity index (χ0) is 28.1. The molecule has 1 fully saturated rings. The molecule has 1 saturated carbocycles. The molecule has 1 nitrogen and oxygen atoms in total. The fraction of sp³-hybridized carbons (Fsp3) is 0.389. The van der Waals surface area contributed by atoms with Gasteiger partial charge in [-0.25, -0.2) is 8.78 Å². The van der Waals surface area contributed by atoms with E-state index in [-0.39, 0.29) is 17.1 Å². The smallest absolute Gasteiger partial charge is 0.201 e. The van der Waals surface area contributed by atoms with Crippen molar-refractivity contribution in [3.63, 3.8) is 0 Å². The van der Waals surface area contributed by atoms with Crippen LogP contribution in [0, 0.1) is 35.2 Å².